The zero-order valence-electron chi connectivity index (χ0n) is 16.7. The molecule has 2 aromatic carbocycles. The second-order valence-corrected chi connectivity index (χ2v) is 7.86. The molecule has 0 bridgehead atoms. The molecule has 0 fully saturated rings. The Kier molecular flexibility index (Phi) is 4.80. The van der Waals surface area contributed by atoms with Gasteiger partial charge in [0, 0.05) is 24.2 Å². The van der Waals surface area contributed by atoms with E-state index in [0.717, 1.165) is 30.9 Å². The minimum atomic E-state index is -0.232. The number of fused-ring (bicyclic) bond motifs is 1. The van der Waals surface area contributed by atoms with Crippen LogP contribution in [0.2, 0.25) is 0 Å². The third-order valence-corrected chi connectivity index (χ3v) is 5.89. The molecule has 4 rings (SSSR count). The lowest BCUT2D eigenvalue weighted by Gasteiger charge is -2.39. The average molecular weight is 375 g/mol. The van der Waals surface area contributed by atoms with Crippen molar-refractivity contribution in [1.82, 2.24) is 9.78 Å². The average Bonchev–Trinajstić information content (AvgIpc) is 3.10. The van der Waals surface area contributed by atoms with Gasteiger partial charge >= 0.3 is 0 Å². The van der Waals surface area contributed by atoms with Gasteiger partial charge in [-0.05, 0) is 68.3 Å². The van der Waals surface area contributed by atoms with Crippen LogP contribution in [0.25, 0.3) is 11.8 Å². The van der Waals surface area contributed by atoms with Crippen LogP contribution in [0.3, 0.4) is 0 Å². The Morgan fingerprint density at radius 2 is 1.82 bits per heavy atom. The smallest absolute Gasteiger partial charge is 0.123 e. The number of nitrogens with zero attached hydrogens (tertiary/aromatic N) is 3. The zero-order valence-corrected chi connectivity index (χ0v) is 16.7. The molecule has 4 heteroatoms. The summed E-state index contributed by atoms with van der Waals surface area (Å²) in [6.07, 6.45) is 5.14. The first-order valence-corrected chi connectivity index (χ1v) is 9.82. The second kappa shape index (κ2) is 7.27. The van der Waals surface area contributed by atoms with E-state index in [9.17, 15) is 4.39 Å². The number of aromatic nitrogens is 2. The quantitative estimate of drug-likeness (QED) is 0.587. The number of rotatable bonds is 5. The topological polar surface area (TPSA) is 21.1 Å². The number of hydrogen-bond acceptors (Lipinski definition) is 2. The van der Waals surface area contributed by atoms with E-state index in [-0.39, 0.29) is 11.2 Å². The van der Waals surface area contributed by atoms with Crippen molar-refractivity contribution in [3.05, 3.63) is 83.4 Å². The lowest BCUT2D eigenvalue weighted by molar-refractivity contribution is 0.391. The van der Waals surface area contributed by atoms with Gasteiger partial charge in [0.05, 0.1) is 17.6 Å². The first kappa shape index (κ1) is 18.5. The highest BCUT2D eigenvalue weighted by molar-refractivity contribution is 5.61. The Labute approximate surface area is 166 Å². The number of halogens is 1. The Bertz CT molecular complexity index is 988. The van der Waals surface area contributed by atoms with Gasteiger partial charge in [-0.1, -0.05) is 30.7 Å². The number of para-hydroxylation sites is 1. The van der Waals surface area contributed by atoms with Crippen LogP contribution in [0.5, 0.6) is 0 Å². The van der Waals surface area contributed by atoms with E-state index < -0.39 is 0 Å². The number of hydrogen-bond donors (Lipinski definition) is 0. The summed E-state index contributed by atoms with van der Waals surface area (Å²) in [6.45, 7) is 8.67. The molecule has 1 aliphatic carbocycles. The SMILES string of the molecule is CCN(C[C@@]1(C)Cc2cnn(-c3ccc(F)cc3)c2C=C1C)c1ccccc1. The molecule has 0 aliphatic heterocycles. The molecule has 3 nitrogen and oxygen atoms in total. The molecular formula is C24H26FN3. The summed E-state index contributed by atoms with van der Waals surface area (Å²) in [6, 6.07) is 17.1. The molecule has 28 heavy (non-hydrogen) atoms. The Balaban J connectivity index is 1.64. The van der Waals surface area contributed by atoms with Gasteiger partial charge in [0.1, 0.15) is 5.82 Å². The molecule has 0 unspecified atom stereocenters. The van der Waals surface area contributed by atoms with E-state index in [4.69, 9.17) is 0 Å². The summed E-state index contributed by atoms with van der Waals surface area (Å²) in [5.41, 5.74) is 5.86. The molecule has 0 amide bonds. The lowest BCUT2D eigenvalue weighted by Crippen LogP contribution is -2.39. The fourth-order valence-corrected chi connectivity index (χ4v) is 4.04. The van der Waals surface area contributed by atoms with Crippen LogP contribution in [0.4, 0.5) is 10.1 Å². The fraction of sp³-hybridized carbons (Fsp3) is 0.292. The Morgan fingerprint density at radius 3 is 2.50 bits per heavy atom. The highest BCUT2D eigenvalue weighted by Gasteiger charge is 2.34. The highest BCUT2D eigenvalue weighted by Crippen LogP contribution is 2.40. The van der Waals surface area contributed by atoms with Gasteiger partial charge in [0.15, 0.2) is 0 Å². The Hall–Kier alpha value is -2.88. The molecule has 1 heterocycles. The van der Waals surface area contributed by atoms with Gasteiger partial charge in [-0.2, -0.15) is 5.10 Å². The summed E-state index contributed by atoms with van der Waals surface area (Å²) >= 11 is 0. The minimum Gasteiger partial charge on any atom is -0.371 e. The van der Waals surface area contributed by atoms with E-state index in [1.54, 1.807) is 12.1 Å². The summed E-state index contributed by atoms with van der Waals surface area (Å²) in [5, 5.41) is 4.59. The van der Waals surface area contributed by atoms with Gasteiger partial charge in [0.2, 0.25) is 0 Å². The zero-order chi connectivity index (χ0) is 19.7. The van der Waals surface area contributed by atoms with Crippen molar-refractivity contribution in [2.45, 2.75) is 27.2 Å². The van der Waals surface area contributed by atoms with Crippen molar-refractivity contribution in [3.63, 3.8) is 0 Å². The van der Waals surface area contributed by atoms with Crippen molar-refractivity contribution in [3.8, 4) is 5.69 Å². The van der Waals surface area contributed by atoms with Crippen LogP contribution < -0.4 is 4.90 Å². The minimum absolute atomic E-state index is 0.0372. The first-order chi connectivity index (χ1) is 13.5. The van der Waals surface area contributed by atoms with Crippen LogP contribution in [-0.4, -0.2) is 22.9 Å². The van der Waals surface area contributed by atoms with E-state index in [1.807, 2.05) is 10.9 Å². The standard InChI is InChI=1S/C24H26FN3/c1-4-27(21-8-6-5-7-9-21)17-24(3)15-19-16-26-28(23(19)14-18(24)2)22-12-10-20(25)11-13-22/h5-14,16H,4,15,17H2,1-3H3/t24-/m1/s1. The molecule has 144 valence electrons. The van der Waals surface area contributed by atoms with Crippen LogP contribution in [0.1, 0.15) is 32.0 Å². The van der Waals surface area contributed by atoms with Crippen LogP contribution in [0.15, 0.2) is 66.4 Å². The normalized spacial score (nSPS) is 18.5. The molecule has 0 radical (unpaired) electrons. The van der Waals surface area contributed by atoms with Crippen molar-refractivity contribution in [2.24, 2.45) is 5.41 Å². The van der Waals surface area contributed by atoms with Gasteiger partial charge in [-0.25, -0.2) is 9.07 Å². The monoisotopic (exact) mass is 375 g/mol. The van der Waals surface area contributed by atoms with E-state index in [1.165, 1.54) is 29.0 Å². The molecular weight excluding hydrogens is 349 g/mol. The van der Waals surface area contributed by atoms with Gasteiger partial charge < -0.3 is 4.90 Å². The third kappa shape index (κ3) is 3.35. The molecule has 1 atom stereocenters. The largest absolute Gasteiger partial charge is 0.371 e. The molecule has 0 saturated heterocycles. The van der Waals surface area contributed by atoms with Gasteiger partial charge in [-0.15, -0.1) is 0 Å². The molecule has 0 saturated carbocycles. The molecule has 3 aromatic rings. The summed E-state index contributed by atoms with van der Waals surface area (Å²) < 4.78 is 15.2. The molecule has 0 N–H and O–H groups in total. The molecule has 1 aliphatic rings. The Morgan fingerprint density at radius 1 is 1.11 bits per heavy atom. The van der Waals surface area contributed by atoms with Crippen molar-refractivity contribution in [2.75, 3.05) is 18.0 Å². The van der Waals surface area contributed by atoms with Gasteiger partial charge in [0.25, 0.3) is 0 Å². The summed E-state index contributed by atoms with van der Waals surface area (Å²) in [5.74, 6) is -0.232. The van der Waals surface area contributed by atoms with E-state index in [2.05, 4.69) is 67.2 Å². The first-order valence-electron chi connectivity index (χ1n) is 9.82. The maximum absolute atomic E-state index is 13.3. The number of anilines is 1. The van der Waals surface area contributed by atoms with Crippen LogP contribution in [-0.2, 0) is 6.42 Å². The lowest BCUT2D eigenvalue weighted by atomic mass is 9.73. The summed E-state index contributed by atoms with van der Waals surface area (Å²) in [7, 11) is 0. The van der Waals surface area contributed by atoms with Crippen LogP contribution in [0, 0.1) is 11.2 Å². The fourth-order valence-electron chi connectivity index (χ4n) is 4.04. The molecule has 0 spiro atoms. The van der Waals surface area contributed by atoms with Crippen molar-refractivity contribution >= 4 is 11.8 Å². The molecule has 1 aromatic heterocycles. The van der Waals surface area contributed by atoms with E-state index >= 15 is 0 Å². The second-order valence-electron chi connectivity index (χ2n) is 7.86. The van der Waals surface area contributed by atoms with Crippen molar-refractivity contribution < 1.29 is 4.39 Å². The number of benzene rings is 2. The maximum Gasteiger partial charge on any atom is 0.123 e. The predicted molar refractivity (Wildman–Crippen MR) is 113 cm³/mol. The third-order valence-electron chi connectivity index (χ3n) is 5.89. The van der Waals surface area contributed by atoms with Gasteiger partial charge in [-0.3, -0.25) is 0 Å². The predicted octanol–water partition coefficient (Wildman–Crippen LogP) is 5.50. The highest BCUT2D eigenvalue weighted by atomic mass is 19.1. The van der Waals surface area contributed by atoms with Crippen LogP contribution >= 0.6 is 0 Å². The summed E-state index contributed by atoms with van der Waals surface area (Å²) in [4.78, 5) is 2.44. The van der Waals surface area contributed by atoms with E-state index in [0.29, 0.717) is 0 Å². The van der Waals surface area contributed by atoms with Crippen molar-refractivity contribution in [1.29, 1.82) is 0 Å². The maximum atomic E-state index is 13.3.